The fraction of sp³-hybridized carbons (Fsp3) is 0.500. The molecule has 1 heterocycles. The molecule has 0 atom stereocenters. The number of fused-ring (bicyclic) bond motifs is 1. The predicted octanol–water partition coefficient (Wildman–Crippen LogP) is 2.83. The van der Waals surface area contributed by atoms with Gasteiger partial charge in [0.05, 0.1) is 20.9 Å². The molecule has 1 fully saturated rings. The van der Waals surface area contributed by atoms with E-state index in [0.29, 0.717) is 12.8 Å². The van der Waals surface area contributed by atoms with Gasteiger partial charge in [-0.25, -0.2) is 8.42 Å². The van der Waals surface area contributed by atoms with E-state index in [2.05, 4.69) is 5.32 Å². The molecule has 0 unspecified atom stereocenters. The van der Waals surface area contributed by atoms with Gasteiger partial charge in [0.1, 0.15) is 0 Å². The van der Waals surface area contributed by atoms with E-state index < -0.39 is 26.3 Å². The molecule has 3 rings (SSSR count). The van der Waals surface area contributed by atoms with Crippen molar-refractivity contribution < 1.29 is 21.6 Å². The van der Waals surface area contributed by atoms with Gasteiger partial charge in [-0.3, -0.25) is 0 Å². The van der Waals surface area contributed by atoms with Crippen LogP contribution in [-0.2, 0) is 16.0 Å². The third kappa shape index (κ3) is 1.67. The van der Waals surface area contributed by atoms with Gasteiger partial charge in [-0.05, 0) is 31.0 Å². The van der Waals surface area contributed by atoms with Crippen LogP contribution < -0.4 is 5.32 Å². The zero-order valence-corrected chi connectivity index (χ0v) is 10.7. The Labute approximate surface area is 108 Å². The molecular weight excluding hydrogens is 279 g/mol. The first kappa shape index (κ1) is 12.8. The molecule has 1 aliphatic carbocycles. The number of rotatable bonds is 0. The molecule has 7 heteroatoms. The Kier molecular flexibility index (Phi) is 2.46. The minimum atomic E-state index is -4.47. The molecular formula is C12H12F3NO2S. The number of hydrogen-bond donors (Lipinski definition) is 1. The summed E-state index contributed by atoms with van der Waals surface area (Å²) in [5.41, 5.74) is -0.772. The van der Waals surface area contributed by atoms with E-state index in [4.69, 9.17) is 0 Å². The van der Waals surface area contributed by atoms with Crippen LogP contribution in [0.25, 0.3) is 0 Å². The van der Waals surface area contributed by atoms with Crippen LogP contribution in [0.2, 0.25) is 0 Å². The van der Waals surface area contributed by atoms with Gasteiger partial charge in [-0.1, -0.05) is 6.42 Å². The van der Waals surface area contributed by atoms with Crippen LogP contribution in [-0.4, -0.2) is 19.7 Å². The van der Waals surface area contributed by atoms with Gasteiger partial charge >= 0.3 is 6.18 Å². The van der Waals surface area contributed by atoms with E-state index >= 15 is 0 Å². The third-order valence-corrected chi connectivity index (χ3v) is 6.66. The molecule has 19 heavy (non-hydrogen) atoms. The maximum atomic E-state index is 12.6. The van der Waals surface area contributed by atoms with Crippen molar-refractivity contribution in [3.05, 3.63) is 23.8 Å². The number of benzene rings is 1. The summed E-state index contributed by atoms with van der Waals surface area (Å²) in [6, 6.07) is 2.77. The van der Waals surface area contributed by atoms with Crippen LogP contribution in [0.15, 0.2) is 23.1 Å². The molecule has 104 valence electrons. The fourth-order valence-electron chi connectivity index (χ4n) is 2.68. The van der Waals surface area contributed by atoms with E-state index in [9.17, 15) is 21.6 Å². The quantitative estimate of drug-likeness (QED) is 0.799. The molecule has 0 radical (unpaired) electrons. The Morgan fingerprint density at radius 3 is 2.42 bits per heavy atom. The zero-order chi connectivity index (χ0) is 13.9. The summed E-state index contributed by atoms with van der Waals surface area (Å²) in [7, 11) is -3.54. The number of sulfone groups is 1. The summed E-state index contributed by atoms with van der Waals surface area (Å²) in [6.07, 6.45) is -2.48. The van der Waals surface area contributed by atoms with Crippen molar-refractivity contribution in [2.45, 2.75) is 35.1 Å². The van der Waals surface area contributed by atoms with Crippen LogP contribution in [0.5, 0.6) is 0 Å². The second-order valence-electron chi connectivity index (χ2n) is 5.10. The van der Waals surface area contributed by atoms with Crippen molar-refractivity contribution in [3.8, 4) is 0 Å². The first-order valence-corrected chi connectivity index (χ1v) is 7.44. The predicted molar refractivity (Wildman–Crippen MR) is 63.7 cm³/mol. The van der Waals surface area contributed by atoms with Gasteiger partial charge in [-0.15, -0.1) is 0 Å². The minimum Gasteiger partial charge on any atom is -0.382 e. The van der Waals surface area contributed by atoms with Crippen molar-refractivity contribution >= 4 is 15.5 Å². The highest BCUT2D eigenvalue weighted by Crippen LogP contribution is 2.48. The van der Waals surface area contributed by atoms with Gasteiger partial charge < -0.3 is 5.32 Å². The minimum absolute atomic E-state index is 0.00792. The highest BCUT2D eigenvalue weighted by atomic mass is 32.2. The fourth-order valence-corrected chi connectivity index (χ4v) is 4.90. The normalized spacial score (nSPS) is 23.3. The SMILES string of the molecule is O=S1(=O)c2ccc(C(F)(F)F)cc2NCC12CCC2. The number of hydrogen-bond acceptors (Lipinski definition) is 3. The molecule has 1 aromatic rings. The first-order valence-electron chi connectivity index (χ1n) is 5.96. The second-order valence-corrected chi connectivity index (χ2v) is 7.41. The van der Waals surface area contributed by atoms with Crippen molar-refractivity contribution in [2.75, 3.05) is 11.9 Å². The summed E-state index contributed by atoms with van der Waals surface area (Å²) in [4.78, 5) is -0.00792. The number of nitrogens with one attached hydrogen (secondary N) is 1. The molecule has 3 nitrogen and oxygen atoms in total. The molecule has 0 aromatic heterocycles. The molecule has 0 saturated heterocycles. The van der Waals surface area contributed by atoms with Crippen LogP contribution in [0.4, 0.5) is 18.9 Å². The van der Waals surface area contributed by atoms with E-state index in [1.165, 1.54) is 0 Å². The molecule has 0 amide bonds. The molecule has 2 aliphatic rings. The first-order chi connectivity index (χ1) is 8.76. The Hall–Kier alpha value is -1.24. The van der Waals surface area contributed by atoms with Crippen LogP contribution in [0, 0.1) is 0 Å². The lowest BCUT2D eigenvalue weighted by Gasteiger charge is -2.44. The van der Waals surface area contributed by atoms with Crippen molar-refractivity contribution in [3.63, 3.8) is 0 Å². The van der Waals surface area contributed by atoms with Gasteiger partial charge in [0.2, 0.25) is 0 Å². The molecule has 0 bridgehead atoms. The monoisotopic (exact) mass is 291 g/mol. The average Bonchev–Trinajstić information content (AvgIpc) is 2.25. The van der Waals surface area contributed by atoms with Gasteiger partial charge in [-0.2, -0.15) is 13.2 Å². The zero-order valence-electron chi connectivity index (χ0n) is 9.92. The van der Waals surface area contributed by atoms with Gasteiger partial charge in [0.25, 0.3) is 0 Å². The Morgan fingerprint density at radius 1 is 1.21 bits per heavy atom. The summed E-state index contributed by atoms with van der Waals surface area (Å²) in [6.45, 7) is 0.198. The maximum absolute atomic E-state index is 12.6. The van der Waals surface area contributed by atoms with E-state index in [-0.39, 0.29) is 17.1 Å². The summed E-state index contributed by atoms with van der Waals surface area (Å²) in [5.74, 6) is 0. The number of halogens is 3. The smallest absolute Gasteiger partial charge is 0.382 e. The molecule has 1 saturated carbocycles. The lowest BCUT2D eigenvalue weighted by atomic mass is 9.84. The Morgan fingerprint density at radius 2 is 1.89 bits per heavy atom. The number of alkyl halides is 3. The molecule has 1 aromatic carbocycles. The maximum Gasteiger partial charge on any atom is 0.416 e. The lowest BCUT2D eigenvalue weighted by Crippen LogP contribution is -2.53. The topological polar surface area (TPSA) is 46.2 Å². The molecule has 1 N–H and O–H groups in total. The second kappa shape index (κ2) is 3.65. The van der Waals surface area contributed by atoms with Crippen LogP contribution in [0.1, 0.15) is 24.8 Å². The summed E-state index contributed by atoms with van der Waals surface area (Å²) < 4.78 is 61.9. The van der Waals surface area contributed by atoms with E-state index in [0.717, 1.165) is 24.6 Å². The lowest BCUT2D eigenvalue weighted by molar-refractivity contribution is -0.137. The molecule has 1 aliphatic heterocycles. The van der Waals surface area contributed by atoms with Crippen molar-refractivity contribution in [1.29, 1.82) is 0 Å². The van der Waals surface area contributed by atoms with Crippen LogP contribution in [0.3, 0.4) is 0 Å². The average molecular weight is 291 g/mol. The van der Waals surface area contributed by atoms with Crippen LogP contribution >= 0.6 is 0 Å². The number of anilines is 1. The van der Waals surface area contributed by atoms with Gasteiger partial charge in [0, 0.05) is 6.54 Å². The summed E-state index contributed by atoms with van der Waals surface area (Å²) >= 11 is 0. The van der Waals surface area contributed by atoms with E-state index in [1.54, 1.807) is 0 Å². The summed E-state index contributed by atoms with van der Waals surface area (Å²) in [5, 5.41) is 2.84. The largest absolute Gasteiger partial charge is 0.416 e. The van der Waals surface area contributed by atoms with E-state index in [1.807, 2.05) is 0 Å². The highest BCUT2D eigenvalue weighted by molar-refractivity contribution is 7.93. The van der Waals surface area contributed by atoms with Gasteiger partial charge in [0.15, 0.2) is 9.84 Å². The molecule has 1 spiro atoms. The Balaban J connectivity index is 2.11. The highest BCUT2D eigenvalue weighted by Gasteiger charge is 2.52. The van der Waals surface area contributed by atoms with Crippen molar-refractivity contribution in [2.24, 2.45) is 0 Å². The standard InChI is InChI=1S/C12H12F3NO2S/c13-12(14,15)8-2-3-10-9(6-8)16-7-11(4-1-5-11)19(10,17)18/h2-3,6,16H,1,4-5,7H2. The Bertz CT molecular complexity index is 633. The van der Waals surface area contributed by atoms with Crippen molar-refractivity contribution in [1.82, 2.24) is 0 Å². The third-order valence-electron chi connectivity index (χ3n) is 4.03.